The first kappa shape index (κ1) is 15.5. The highest BCUT2D eigenvalue weighted by Gasteiger charge is 2.26. The molecule has 0 N–H and O–H groups in total. The van der Waals surface area contributed by atoms with Crippen LogP contribution in [-0.2, 0) is 0 Å². The average molecular weight is 361 g/mol. The van der Waals surface area contributed by atoms with Gasteiger partial charge in [0.05, 0.1) is 4.88 Å². The summed E-state index contributed by atoms with van der Waals surface area (Å²) in [6.07, 6.45) is 1.80. The van der Waals surface area contributed by atoms with E-state index in [4.69, 9.17) is 0 Å². The summed E-state index contributed by atoms with van der Waals surface area (Å²) in [6, 6.07) is 5.00. The number of aromatic nitrogens is 1. The molecule has 0 radical (unpaired) electrons. The summed E-state index contributed by atoms with van der Waals surface area (Å²) in [5.74, 6) is -0.249. The number of fused-ring (bicyclic) bond motifs is 1. The highest BCUT2D eigenvalue weighted by atomic mass is 32.1. The maximum absolute atomic E-state index is 14.0. The molecule has 0 bridgehead atoms. The Balaban J connectivity index is 1.55. The van der Waals surface area contributed by atoms with E-state index in [1.165, 1.54) is 17.4 Å². The number of carbonyl (C=O) groups excluding carboxylic acids is 1. The molecule has 2 aromatic heterocycles. The van der Waals surface area contributed by atoms with Crippen molar-refractivity contribution in [2.24, 2.45) is 0 Å². The number of anilines is 1. The van der Waals surface area contributed by atoms with Gasteiger partial charge >= 0.3 is 0 Å². The number of rotatable bonds is 2. The SMILES string of the molecule is Cc1c(C(=O)N2CCN(c3nccs3)CC2)sc2cccc(F)c12. The lowest BCUT2D eigenvalue weighted by atomic mass is 10.1. The van der Waals surface area contributed by atoms with Crippen molar-refractivity contribution in [1.29, 1.82) is 0 Å². The number of amides is 1. The van der Waals surface area contributed by atoms with Gasteiger partial charge in [0, 0.05) is 47.8 Å². The third kappa shape index (κ3) is 2.57. The van der Waals surface area contributed by atoms with Gasteiger partial charge in [0.2, 0.25) is 0 Å². The van der Waals surface area contributed by atoms with Crippen LogP contribution in [0.1, 0.15) is 15.2 Å². The van der Waals surface area contributed by atoms with Gasteiger partial charge in [0.15, 0.2) is 5.13 Å². The summed E-state index contributed by atoms with van der Waals surface area (Å²) in [4.78, 5) is 21.9. The lowest BCUT2D eigenvalue weighted by molar-refractivity contribution is 0.0751. The normalized spacial score (nSPS) is 15.2. The van der Waals surface area contributed by atoms with Crippen molar-refractivity contribution in [2.75, 3.05) is 31.1 Å². The highest BCUT2D eigenvalue weighted by molar-refractivity contribution is 7.21. The Labute approximate surface area is 147 Å². The Morgan fingerprint density at radius 2 is 2.04 bits per heavy atom. The predicted octanol–water partition coefficient (Wildman–Crippen LogP) is 3.77. The second-order valence-electron chi connectivity index (χ2n) is 5.76. The van der Waals surface area contributed by atoms with Crippen LogP contribution in [0.5, 0.6) is 0 Å². The van der Waals surface area contributed by atoms with Crippen molar-refractivity contribution in [3.05, 3.63) is 46.0 Å². The fourth-order valence-corrected chi connectivity index (χ4v) is 4.96. The minimum atomic E-state index is -0.256. The predicted molar refractivity (Wildman–Crippen MR) is 96.8 cm³/mol. The first-order chi connectivity index (χ1) is 11.6. The molecule has 0 saturated carbocycles. The molecule has 3 heterocycles. The number of thiophene rings is 1. The van der Waals surface area contributed by atoms with Gasteiger partial charge < -0.3 is 9.80 Å². The van der Waals surface area contributed by atoms with Gasteiger partial charge in [-0.1, -0.05) is 6.07 Å². The van der Waals surface area contributed by atoms with Crippen molar-refractivity contribution in [2.45, 2.75) is 6.92 Å². The minimum absolute atomic E-state index is 0.00638. The molecule has 1 aliphatic rings. The molecular weight excluding hydrogens is 345 g/mol. The maximum atomic E-state index is 14.0. The lowest BCUT2D eigenvalue weighted by Gasteiger charge is -2.34. The Kier molecular flexibility index (Phi) is 3.97. The van der Waals surface area contributed by atoms with E-state index in [0.717, 1.165) is 28.5 Å². The first-order valence-corrected chi connectivity index (χ1v) is 9.46. The van der Waals surface area contributed by atoms with E-state index in [1.807, 2.05) is 23.3 Å². The number of hydrogen-bond donors (Lipinski definition) is 0. The molecule has 124 valence electrons. The molecule has 0 spiro atoms. The van der Waals surface area contributed by atoms with Gasteiger partial charge in [0.1, 0.15) is 5.82 Å². The zero-order valence-electron chi connectivity index (χ0n) is 13.2. The van der Waals surface area contributed by atoms with E-state index < -0.39 is 0 Å². The van der Waals surface area contributed by atoms with Crippen LogP contribution in [-0.4, -0.2) is 42.0 Å². The van der Waals surface area contributed by atoms with Crippen LogP contribution in [0.25, 0.3) is 10.1 Å². The number of hydrogen-bond acceptors (Lipinski definition) is 5. The highest BCUT2D eigenvalue weighted by Crippen LogP contribution is 2.33. The van der Waals surface area contributed by atoms with Crippen molar-refractivity contribution in [3.63, 3.8) is 0 Å². The molecule has 3 aromatic rings. The standard InChI is InChI=1S/C17H16FN3OS2/c1-11-14-12(18)3-2-4-13(14)24-15(11)16(22)20-6-8-21(9-7-20)17-19-5-10-23-17/h2-5,10H,6-9H2,1H3. The van der Waals surface area contributed by atoms with Crippen LogP contribution >= 0.6 is 22.7 Å². The van der Waals surface area contributed by atoms with E-state index >= 15 is 0 Å². The number of benzene rings is 1. The number of thiazole rings is 1. The Hall–Kier alpha value is -1.99. The number of aryl methyl sites for hydroxylation is 1. The molecule has 1 fully saturated rings. The molecular formula is C17H16FN3OS2. The zero-order valence-corrected chi connectivity index (χ0v) is 14.8. The van der Waals surface area contributed by atoms with E-state index in [2.05, 4.69) is 9.88 Å². The Morgan fingerprint density at radius 1 is 1.25 bits per heavy atom. The quantitative estimate of drug-likeness (QED) is 0.697. The smallest absolute Gasteiger partial charge is 0.264 e. The molecule has 7 heteroatoms. The summed E-state index contributed by atoms with van der Waals surface area (Å²) in [5.41, 5.74) is 0.750. The molecule has 1 amide bonds. The maximum Gasteiger partial charge on any atom is 0.264 e. The van der Waals surface area contributed by atoms with Crippen LogP contribution in [0, 0.1) is 12.7 Å². The third-order valence-electron chi connectivity index (χ3n) is 4.35. The molecule has 4 nitrogen and oxygen atoms in total. The summed E-state index contributed by atoms with van der Waals surface area (Å²) in [7, 11) is 0. The van der Waals surface area contributed by atoms with Crippen molar-refractivity contribution in [1.82, 2.24) is 9.88 Å². The monoisotopic (exact) mass is 361 g/mol. The molecule has 1 aromatic carbocycles. The zero-order chi connectivity index (χ0) is 16.7. The van der Waals surface area contributed by atoms with Gasteiger partial charge in [0.25, 0.3) is 5.91 Å². The van der Waals surface area contributed by atoms with Crippen molar-refractivity contribution >= 4 is 43.8 Å². The number of nitrogens with zero attached hydrogens (tertiary/aromatic N) is 3. The van der Waals surface area contributed by atoms with Gasteiger partial charge in [-0.3, -0.25) is 4.79 Å². The second-order valence-corrected chi connectivity index (χ2v) is 7.69. The van der Waals surface area contributed by atoms with E-state index in [9.17, 15) is 9.18 Å². The van der Waals surface area contributed by atoms with Gasteiger partial charge in [-0.15, -0.1) is 22.7 Å². The van der Waals surface area contributed by atoms with Crippen molar-refractivity contribution in [3.8, 4) is 0 Å². The lowest BCUT2D eigenvalue weighted by Crippen LogP contribution is -2.48. The molecule has 24 heavy (non-hydrogen) atoms. The molecule has 0 atom stereocenters. The summed E-state index contributed by atoms with van der Waals surface area (Å²) in [6.45, 7) is 4.71. The fourth-order valence-electron chi connectivity index (χ4n) is 3.07. The van der Waals surface area contributed by atoms with E-state index in [1.54, 1.807) is 23.6 Å². The largest absolute Gasteiger partial charge is 0.345 e. The van der Waals surface area contributed by atoms with Gasteiger partial charge in [-0.25, -0.2) is 9.37 Å². The molecule has 1 saturated heterocycles. The molecule has 4 rings (SSSR count). The van der Waals surface area contributed by atoms with E-state index in [0.29, 0.717) is 23.4 Å². The Morgan fingerprint density at radius 3 is 2.71 bits per heavy atom. The fraction of sp³-hybridized carbons (Fsp3) is 0.294. The average Bonchev–Trinajstić information content (AvgIpc) is 3.23. The summed E-state index contributed by atoms with van der Waals surface area (Å²) >= 11 is 3.00. The topological polar surface area (TPSA) is 36.4 Å². The third-order valence-corrected chi connectivity index (χ3v) is 6.43. The van der Waals surface area contributed by atoms with Gasteiger partial charge in [-0.05, 0) is 24.6 Å². The van der Waals surface area contributed by atoms with Crippen LogP contribution < -0.4 is 4.90 Å². The first-order valence-electron chi connectivity index (χ1n) is 7.76. The van der Waals surface area contributed by atoms with Gasteiger partial charge in [-0.2, -0.15) is 0 Å². The second kappa shape index (κ2) is 6.14. The summed E-state index contributed by atoms with van der Waals surface area (Å²) in [5, 5.41) is 3.54. The van der Waals surface area contributed by atoms with Crippen LogP contribution in [0.2, 0.25) is 0 Å². The van der Waals surface area contributed by atoms with Crippen LogP contribution in [0.15, 0.2) is 29.8 Å². The Bertz CT molecular complexity index is 883. The van der Waals surface area contributed by atoms with Crippen molar-refractivity contribution < 1.29 is 9.18 Å². The number of halogens is 1. The van der Waals surface area contributed by atoms with E-state index in [-0.39, 0.29) is 11.7 Å². The molecule has 1 aliphatic heterocycles. The molecule has 0 unspecified atom stereocenters. The van der Waals surface area contributed by atoms with Crippen LogP contribution in [0.3, 0.4) is 0 Å². The summed E-state index contributed by atoms with van der Waals surface area (Å²) < 4.78 is 14.9. The number of piperazine rings is 1. The minimum Gasteiger partial charge on any atom is -0.345 e. The molecule has 0 aliphatic carbocycles. The van der Waals surface area contributed by atoms with Crippen LogP contribution in [0.4, 0.5) is 9.52 Å². The number of carbonyl (C=O) groups is 1.